The molecule has 0 spiro atoms. The highest BCUT2D eigenvalue weighted by atomic mass is 16.5. The van der Waals surface area contributed by atoms with E-state index >= 15 is 0 Å². The van der Waals surface area contributed by atoms with Gasteiger partial charge in [-0.25, -0.2) is 0 Å². The molecule has 0 aliphatic rings. The van der Waals surface area contributed by atoms with Crippen molar-refractivity contribution in [2.75, 3.05) is 6.54 Å². The molecule has 0 saturated carbocycles. The molecule has 0 heterocycles. The zero-order valence-corrected chi connectivity index (χ0v) is 13.9. The van der Waals surface area contributed by atoms with Gasteiger partial charge < -0.3 is 15.4 Å². The van der Waals surface area contributed by atoms with Gasteiger partial charge in [0.25, 0.3) is 5.91 Å². The molecular formula is C19H22N2O3. The fraction of sp³-hybridized carbons (Fsp3) is 0.263. The molecule has 0 radical (unpaired) electrons. The molecule has 0 fully saturated rings. The fourth-order valence-electron chi connectivity index (χ4n) is 2.08. The second-order valence-electron chi connectivity index (χ2n) is 5.64. The van der Waals surface area contributed by atoms with Crippen LogP contribution in [0, 0.1) is 0 Å². The Hall–Kier alpha value is -2.82. The maximum atomic E-state index is 12.0. The molecule has 0 atom stereocenters. The lowest BCUT2D eigenvalue weighted by Gasteiger charge is -2.10. The number of amides is 2. The lowest BCUT2D eigenvalue weighted by Crippen LogP contribution is -2.36. The minimum Gasteiger partial charge on any atom is -0.491 e. The summed E-state index contributed by atoms with van der Waals surface area (Å²) in [5.74, 6) is 0.190. The van der Waals surface area contributed by atoms with Gasteiger partial charge in [-0.05, 0) is 43.7 Å². The first-order valence-corrected chi connectivity index (χ1v) is 7.90. The topological polar surface area (TPSA) is 67.4 Å². The van der Waals surface area contributed by atoms with E-state index in [0.29, 0.717) is 17.9 Å². The number of benzene rings is 2. The molecule has 2 rings (SSSR count). The maximum Gasteiger partial charge on any atom is 0.251 e. The molecule has 5 nitrogen and oxygen atoms in total. The minimum atomic E-state index is -0.291. The van der Waals surface area contributed by atoms with Gasteiger partial charge in [0.2, 0.25) is 5.91 Å². The van der Waals surface area contributed by atoms with Gasteiger partial charge in [-0.15, -0.1) is 0 Å². The molecule has 2 aromatic rings. The highest BCUT2D eigenvalue weighted by Crippen LogP contribution is 2.13. The van der Waals surface area contributed by atoms with Crippen LogP contribution in [0.2, 0.25) is 0 Å². The lowest BCUT2D eigenvalue weighted by atomic mass is 10.2. The summed E-state index contributed by atoms with van der Waals surface area (Å²) in [7, 11) is 0. The molecule has 0 aromatic heterocycles. The number of rotatable bonds is 7. The quantitative estimate of drug-likeness (QED) is 0.821. The number of hydrogen-bond acceptors (Lipinski definition) is 3. The minimum absolute atomic E-state index is 0.0596. The molecule has 2 N–H and O–H groups in total. The maximum absolute atomic E-state index is 12.0. The third-order valence-corrected chi connectivity index (χ3v) is 3.23. The fourth-order valence-corrected chi connectivity index (χ4v) is 2.08. The van der Waals surface area contributed by atoms with Crippen molar-refractivity contribution in [3.8, 4) is 5.75 Å². The molecule has 5 heteroatoms. The van der Waals surface area contributed by atoms with Crippen molar-refractivity contribution in [1.29, 1.82) is 0 Å². The molecule has 126 valence electrons. The van der Waals surface area contributed by atoms with E-state index in [1.54, 1.807) is 24.3 Å². The monoisotopic (exact) mass is 326 g/mol. The smallest absolute Gasteiger partial charge is 0.251 e. The van der Waals surface area contributed by atoms with E-state index in [-0.39, 0.29) is 24.5 Å². The molecular weight excluding hydrogens is 304 g/mol. The van der Waals surface area contributed by atoms with E-state index < -0.39 is 0 Å². The van der Waals surface area contributed by atoms with Gasteiger partial charge in [-0.1, -0.05) is 30.3 Å². The normalized spacial score (nSPS) is 10.3. The average Bonchev–Trinajstić information content (AvgIpc) is 2.59. The SMILES string of the molecule is CC(C)Oc1ccc(C(=O)NCC(=O)NCc2ccccc2)cc1. The first-order chi connectivity index (χ1) is 11.5. The standard InChI is InChI=1S/C19H22N2O3/c1-14(2)24-17-10-8-16(9-11-17)19(23)21-13-18(22)20-12-15-6-4-3-5-7-15/h3-11,14H,12-13H2,1-2H3,(H,20,22)(H,21,23). The Labute approximate surface area is 142 Å². The first-order valence-electron chi connectivity index (χ1n) is 7.90. The van der Waals surface area contributed by atoms with Crippen LogP contribution in [0.3, 0.4) is 0 Å². The zero-order chi connectivity index (χ0) is 17.4. The molecule has 0 unspecified atom stereocenters. The van der Waals surface area contributed by atoms with Gasteiger partial charge in [-0.3, -0.25) is 9.59 Å². The molecule has 0 bridgehead atoms. The second-order valence-corrected chi connectivity index (χ2v) is 5.64. The van der Waals surface area contributed by atoms with Crippen LogP contribution < -0.4 is 15.4 Å². The number of hydrogen-bond donors (Lipinski definition) is 2. The Bertz CT molecular complexity index is 667. The Morgan fingerprint density at radius 2 is 1.62 bits per heavy atom. The molecule has 0 saturated heterocycles. The van der Waals surface area contributed by atoms with Crippen molar-refractivity contribution in [3.63, 3.8) is 0 Å². The van der Waals surface area contributed by atoms with Crippen molar-refractivity contribution in [2.45, 2.75) is 26.5 Å². The number of carbonyl (C=O) groups excluding carboxylic acids is 2. The molecule has 2 amide bonds. The van der Waals surface area contributed by atoms with Crippen LogP contribution in [0.4, 0.5) is 0 Å². The summed E-state index contributed by atoms with van der Waals surface area (Å²) < 4.78 is 5.53. The molecule has 2 aromatic carbocycles. The highest BCUT2D eigenvalue weighted by Gasteiger charge is 2.08. The third kappa shape index (κ3) is 5.76. The van der Waals surface area contributed by atoms with Crippen LogP contribution in [0.5, 0.6) is 5.75 Å². The Morgan fingerprint density at radius 1 is 0.958 bits per heavy atom. The van der Waals surface area contributed by atoms with Gasteiger partial charge in [0.05, 0.1) is 12.6 Å². The number of carbonyl (C=O) groups is 2. The van der Waals surface area contributed by atoms with Gasteiger partial charge in [0.15, 0.2) is 0 Å². The highest BCUT2D eigenvalue weighted by molar-refractivity contribution is 5.96. The van der Waals surface area contributed by atoms with E-state index in [2.05, 4.69) is 10.6 Å². The zero-order valence-electron chi connectivity index (χ0n) is 13.9. The Balaban J connectivity index is 1.76. The van der Waals surface area contributed by atoms with E-state index in [4.69, 9.17) is 4.74 Å². The van der Waals surface area contributed by atoms with Crippen LogP contribution in [0.1, 0.15) is 29.8 Å². The van der Waals surface area contributed by atoms with Crippen molar-refractivity contribution in [3.05, 3.63) is 65.7 Å². The summed E-state index contributed by atoms with van der Waals surface area (Å²) >= 11 is 0. The summed E-state index contributed by atoms with van der Waals surface area (Å²) in [6.07, 6.45) is 0.0815. The van der Waals surface area contributed by atoms with Crippen molar-refractivity contribution >= 4 is 11.8 Å². The molecule has 0 aliphatic carbocycles. The van der Waals surface area contributed by atoms with Gasteiger partial charge in [-0.2, -0.15) is 0 Å². The third-order valence-electron chi connectivity index (χ3n) is 3.23. The van der Waals surface area contributed by atoms with Crippen molar-refractivity contribution in [2.24, 2.45) is 0 Å². The van der Waals surface area contributed by atoms with E-state index in [0.717, 1.165) is 5.56 Å². The van der Waals surface area contributed by atoms with Gasteiger partial charge in [0.1, 0.15) is 5.75 Å². The predicted molar refractivity (Wildman–Crippen MR) is 92.8 cm³/mol. The van der Waals surface area contributed by atoms with Crippen molar-refractivity contribution < 1.29 is 14.3 Å². The summed E-state index contributed by atoms with van der Waals surface area (Å²) in [5.41, 5.74) is 1.50. The number of nitrogens with one attached hydrogen (secondary N) is 2. The van der Waals surface area contributed by atoms with Crippen LogP contribution >= 0.6 is 0 Å². The number of ether oxygens (including phenoxy) is 1. The van der Waals surface area contributed by atoms with E-state index in [1.165, 1.54) is 0 Å². The Morgan fingerprint density at radius 3 is 2.25 bits per heavy atom. The van der Waals surface area contributed by atoms with Crippen LogP contribution in [0.25, 0.3) is 0 Å². The summed E-state index contributed by atoms with van der Waals surface area (Å²) in [5, 5.41) is 5.37. The largest absolute Gasteiger partial charge is 0.491 e. The van der Waals surface area contributed by atoms with Crippen LogP contribution in [-0.2, 0) is 11.3 Å². The van der Waals surface area contributed by atoms with Gasteiger partial charge in [0, 0.05) is 12.1 Å². The van der Waals surface area contributed by atoms with Gasteiger partial charge >= 0.3 is 0 Å². The summed E-state index contributed by atoms with van der Waals surface area (Å²) in [4.78, 5) is 23.8. The second kappa shape index (κ2) is 8.72. The predicted octanol–water partition coefficient (Wildman–Crippen LogP) is 2.52. The summed E-state index contributed by atoms with van der Waals surface area (Å²) in [6, 6.07) is 16.4. The van der Waals surface area contributed by atoms with Crippen LogP contribution in [0.15, 0.2) is 54.6 Å². The first kappa shape index (κ1) is 17.5. The van der Waals surface area contributed by atoms with E-state index in [1.807, 2.05) is 44.2 Å². The average molecular weight is 326 g/mol. The van der Waals surface area contributed by atoms with E-state index in [9.17, 15) is 9.59 Å². The van der Waals surface area contributed by atoms with Crippen LogP contribution in [-0.4, -0.2) is 24.5 Å². The summed E-state index contributed by atoms with van der Waals surface area (Å²) in [6.45, 7) is 4.26. The lowest BCUT2D eigenvalue weighted by molar-refractivity contribution is -0.120. The molecule has 24 heavy (non-hydrogen) atoms. The Kier molecular flexibility index (Phi) is 6.37. The van der Waals surface area contributed by atoms with Crippen molar-refractivity contribution in [1.82, 2.24) is 10.6 Å². The molecule has 0 aliphatic heterocycles.